The molecular formula is C11H20N4O. The Labute approximate surface area is 95.8 Å². The lowest BCUT2D eigenvalue weighted by atomic mass is 10.1. The molecule has 90 valence electrons. The van der Waals surface area contributed by atoms with E-state index >= 15 is 0 Å². The summed E-state index contributed by atoms with van der Waals surface area (Å²) in [6, 6.07) is 0. The first-order chi connectivity index (χ1) is 7.56. The molecule has 0 aromatic carbocycles. The van der Waals surface area contributed by atoms with Crippen LogP contribution in [0, 0.1) is 5.92 Å². The maximum atomic E-state index is 11.7. The summed E-state index contributed by atoms with van der Waals surface area (Å²) in [6.45, 7) is 6.85. The van der Waals surface area contributed by atoms with Crippen molar-refractivity contribution < 1.29 is 4.79 Å². The Morgan fingerprint density at radius 3 is 2.75 bits per heavy atom. The first-order valence-corrected chi connectivity index (χ1v) is 5.67. The van der Waals surface area contributed by atoms with E-state index in [9.17, 15) is 4.79 Å². The second-order valence-electron chi connectivity index (χ2n) is 4.26. The Kier molecular flexibility index (Phi) is 4.34. The quantitative estimate of drug-likeness (QED) is 0.705. The zero-order valence-electron chi connectivity index (χ0n) is 10.1. The van der Waals surface area contributed by atoms with Crippen LogP contribution >= 0.6 is 0 Å². The van der Waals surface area contributed by atoms with E-state index in [1.807, 2.05) is 6.92 Å². The summed E-state index contributed by atoms with van der Waals surface area (Å²) < 4.78 is 0. The number of amides is 1. The van der Waals surface area contributed by atoms with Crippen molar-refractivity contribution in [3.05, 3.63) is 11.4 Å². The van der Waals surface area contributed by atoms with Crippen LogP contribution in [0.3, 0.4) is 0 Å². The van der Waals surface area contributed by atoms with Gasteiger partial charge in [0, 0.05) is 6.54 Å². The van der Waals surface area contributed by atoms with E-state index in [2.05, 4.69) is 29.4 Å². The molecule has 1 aromatic heterocycles. The van der Waals surface area contributed by atoms with Crippen molar-refractivity contribution in [2.24, 2.45) is 5.92 Å². The number of aromatic amines is 1. The number of hydrogen-bond acceptors (Lipinski definition) is 3. The highest BCUT2D eigenvalue weighted by Crippen LogP contribution is 2.13. The molecular weight excluding hydrogens is 204 g/mol. The topological polar surface area (TPSA) is 83.8 Å². The van der Waals surface area contributed by atoms with E-state index < -0.39 is 0 Å². The molecule has 0 aliphatic carbocycles. The monoisotopic (exact) mass is 224 g/mol. The number of H-pyrrole nitrogens is 1. The second kappa shape index (κ2) is 5.53. The predicted molar refractivity (Wildman–Crippen MR) is 64.2 cm³/mol. The molecule has 5 nitrogen and oxygen atoms in total. The number of aromatic nitrogens is 2. The third kappa shape index (κ3) is 2.98. The number of aryl methyl sites for hydroxylation is 1. The molecule has 1 heterocycles. The van der Waals surface area contributed by atoms with E-state index in [1.54, 1.807) is 0 Å². The smallest absolute Gasteiger partial charge is 0.273 e. The lowest BCUT2D eigenvalue weighted by Gasteiger charge is -2.05. The maximum Gasteiger partial charge on any atom is 0.273 e. The molecule has 16 heavy (non-hydrogen) atoms. The first kappa shape index (κ1) is 12.5. The number of nitrogens with two attached hydrogens (primary N) is 1. The number of nitrogen functional groups attached to an aromatic ring is 1. The summed E-state index contributed by atoms with van der Waals surface area (Å²) in [5.74, 6) is 0.372. The minimum absolute atomic E-state index is 0.200. The van der Waals surface area contributed by atoms with Crippen LogP contribution in [0.1, 0.15) is 43.4 Å². The maximum absolute atomic E-state index is 11.7. The minimum Gasteiger partial charge on any atom is -0.395 e. The highest BCUT2D eigenvalue weighted by atomic mass is 16.1. The van der Waals surface area contributed by atoms with Crippen molar-refractivity contribution in [1.82, 2.24) is 15.5 Å². The number of rotatable bonds is 5. The third-order valence-electron chi connectivity index (χ3n) is 2.46. The Hall–Kier alpha value is -1.52. The summed E-state index contributed by atoms with van der Waals surface area (Å²) >= 11 is 0. The zero-order chi connectivity index (χ0) is 12.1. The second-order valence-corrected chi connectivity index (χ2v) is 4.26. The molecule has 0 saturated heterocycles. The van der Waals surface area contributed by atoms with Gasteiger partial charge >= 0.3 is 0 Å². The molecule has 0 fully saturated rings. The fourth-order valence-electron chi connectivity index (χ4n) is 1.39. The lowest BCUT2D eigenvalue weighted by Crippen LogP contribution is -2.26. The number of nitrogens with one attached hydrogen (secondary N) is 2. The number of anilines is 1. The van der Waals surface area contributed by atoms with Gasteiger partial charge in [-0.25, -0.2) is 0 Å². The number of carbonyl (C=O) groups excluding carboxylic acids is 1. The molecule has 0 saturated carbocycles. The van der Waals surface area contributed by atoms with Crippen molar-refractivity contribution in [2.75, 3.05) is 12.3 Å². The van der Waals surface area contributed by atoms with Crippen molar-refractivity contribution in [3.8, 4) is 0 Å². The summed E-state index contributed by atoms with van der Waals surface area (Å²) in [7, 11) is 0. The van der Waals surface area contributed by atoms with Gasteiger partial charge in [-0.1, -0.05) is 20.8 Å². The SMILES string of the molecule is CCc1[nH]nc(C(=O)NCCC(C)C)c1N. The van der Waals surface area contributed by atoms with Crippen LogP contribution in [0.2, 0.25) is 0 Å². The van der Waals surface area contributed by atoms with Crippen LogP contribution in [0.4, 0.5) is 5.69 Å². The molecule has 0 unspecified atom stereocenters. The van der Waals surface area contributed by atoms with Gasteiger partial charge in [-0.05, 0) is 18.8 Å². The van der Waals surface area contributed by atoms with Crippen LogP contribution in [0.25, 0.3) is 0 Å². The molecule has 1 rings (SSSR count). The number of hydrogen-bond donors (Lipinski definition) is 3. The average molecular weight is 224 g/mol. The van der Waals surface area contributed by atoms with Gasteiger partial charge in [-0.3, -0.25) is 9.89 Å². The first-order valence-electron chi connectivity index (χ1n) is 5.67. The van der Waals surface area contributed by atoms with Gasteiger partial charge in [0.25, 0.3) is 5.91 Å². The number of carbonyl (C=O) groups is 1. The normalized spacial score (nSPS) is 10.8. The van der Waals surface area contributed by atoms with Gasteiger partial charge in [0.05, 0.1) is 11.4 Å². The Morgan fingerprint density at radius 1 is 1.56 bits per heavy atom. The molecule has 0 radical (unpaired) electrons. The van der Waals surface area contributed by atoms with Crippen molar-refractivity contribution in [2.45, 2.75) is 33.6 Å². The van der Waals surface area contributed by atoms with E-state index in [0.717, 1.165) is 18.5 Å². The summed E-state index contributed by atoms with van der Waals surface area (Å²) in [5.41, 5.74) is 7.37. The number of nitrogens with zero attached hydrogens (tertiary/aromatic N) is 1. The van der Waals surface area contributed by atoms with Crippen LogP contribution in [-0.2, 0) is 6.42 Å². The van der Waals surface area contributed by atoms with Gasteiger partial charge in [0.2, 0.25) is 0 Å². The molecule has 1 aromatic rings. The van der Waals surface area contributed by atoms with Gasteiger partial charge in [-0.15, -0.1) is 0 Å². The zero-order valence-corrected chi connectivity index (χ0v) is 10.1. The molecule has 0 spiro atoms. The van der Waals surface area contributed by atoms with Gasteiger partial charge in [-0.2, -0.15) is 5.10 Å². The standard InChI is InChI=1S/C11H20N4O/c1-4-8-9(12)10(15-14-8)11(16)13-6-5-7(2)3/h7H,4-6,12H2,1-3H3,(H,13,16)(H,14,15). The largest absolute Gasteiger partial charge is 0.395 e. The molecule has 4 N–H and O–H groups in total. The van der Waals surface area contributed by atoms with Crippen LogP contribution in [-0.4, -0.2) is 22.6 Å². The molecule has 0 aliphatic rings. The fourth-order valence-corrected chi connectivity index (χ4v) is 1.39. The van der Waals surface area contributed by atoms with Crippen LogP contribution in [0.5, 0.6) is 0 Å². The third-order valence-corrected chi connectivity index (χ3v) is 2.46. The average Bonchev–Trinajstić information content (AvgIpc) is 2.58. The molecule has 0 bridgehead atoms. The van der Waals surface area contributed by atoms with Crippen LogP contribution in [0.15, 0.2) is 0 Å². The van der Waals surface area contributed by atoms with Crippen molar-refractivity contribution in [3.63, 3.8) is 0 Å². The molecule has 1 amide bonds. The van der Waals surface area contributed by atoms with Gasteiger partial charge < -0.3 is 11.1 Å². The van der Waals surface area contributed by atoms with E-state index in [0.29, 0.717) is 23.8 Å². The summed E-state index contributed by atoms with van der Waals surface area (Å²) in [5, 5.41) is 9.50. The van der Waals surface area contributed by atoms with Gasteiger partial charge in [0.1, 0.15) is 0 Å². The highest BCUT2D eigenvalue weighted by Gasteiger charge is 2.15. The summed E-state index contributed by atoms with van der Waals surface area (Å²) in [6.07, 6.45) is 1.70. The molecule has 5 heteroatoms. The minimum atomic E-state index is -0.200. The lowest BCUT2D eigenvalue weighted by molar-refractivity contribution is 0.0948. The predicted octanol–water partition coefficient (Wildman–Crippen LogP) is 1.33. The fraction of sp³-hybridized carbons (Fsp3) is 0.636. The molecule has 0 atom stereocenters. The highest BCUT2D eigenvalue weighted by molar-refractivity contribution is 5.97. The van der Waals surface area contributed by atoms with E-state index in [4.69, 9.17) is 5.73 Å². The van der Waals surface area contributed by atoms with Gasteiger partial charge in [0.15, 0.2) is 5.69 Å². The molecule has 0 aliphatic heterocycles. The van der Waals surface area contributed by atoms with Crippen LogP contribution < -0.4 is 11.1 Å². The van der Waals surface area contributed by atoms with E-state index in [1.165, 1.54) is 0 Å². The van der Waals surface area contributed by atoms with Crippen molar-refractivity contribution in [1.29, 1.82) is 0 Å². The Morgan fingerprint density at radius 2 is 2.25 bits per heavy atom. The van der Waals surface area contributed by atoms with E-state index in [-0.39, 0.29) is 5.91 Å². The Bertz CT molecular complexity index is 357. The van der Waals surface area contributed by atoms with Crippen molar-refractivity contribution >= 4 is 11.6 Å². The Balaban J connectivity index is 2.56. The summed E-state index contributed by atoms with van der Waals surface area (Å²) in [4.78, 5) is 11.7.